The Morgan fingerprint density at radius 2 is 1.67 bits per heavy atom. The molecule has 0 aliphatic rings. The van der Waals surface area contributed by atoms with E-state index < -0.39 is 47.8 Å². The third kappa shape index (κ3) is 3.08. The van der Waals surface area contributed by atoms with E-state index >= 15 is 0 Å². The van der Waals surface area contributed by atoms with Crippen LogP contribution in [0.25, 0.3) is 0 Å². The summed E-state index contributed by atoms with van der Waals surface area (Å²) in [4.78, 5) is 11.2. The average Bonchev–Trinajstić information content (AvgIpc) is 2.72. The quantitative estimate of drug-likeness (QED) is 0.685. The predicted molar refractivity (Wildman–Crippen MR) is 49.5 cm³/mol. The van der Waals surface area contributed by atoms with Crippen molar-refractivity contribution in [2.45, 2.75) is 25.2 Å². The highest BCUT2D eigenvalue weighted by Gasteiger charge is 2.64. The Morgan fingerprint density at radius 1 is 1.14 bits per heavy atom. The maximum atomic E-state index is 13.1. The zero-order valence-corrected chi connectivity index (χ0v) is 9.99. The number of aromatic amines is 1. The highest BCUT2D eigenvalue weighted by molar-refractivity contribution is 5.89. The Balaban J connectivity index is 3.53. The van der Waals surface area contributed by atoms with Gasteiger partial charge in [0.1, 0.15) is 5.56 Å². The third-order valence-corrected chi connectivity index (χ3v) is 2.18. The molecule has 0 saturated carbocycles. The van der Waals surface area contributed by atoms with Crippen molar-refractivity contribution in [3.05, 3.63) is 17.0 Å². The molecule has 0 saturated heterocycles. The molecule has 12 heteroatoms. The minimum Gasteiger partial charge on any atom is -0.461 e. The number of carbonyl (C=O) groups excluding carboxylic acids is 1. The molecule has 1 aromatic rings. The Labute approximate surface area is 111 Å². The molecule has 0 fully saturated rings. The van der Waals surface area contributed by atoms with E-state index in [-0.39, 0.29) is 0 Å². The number of nitrogens with zero attached hydrogens (tertiary/aromatic N) is 1. The first-order valence-electron chi connectivity index (χ1n) is 5.11. The number of H-pyrrole nitrogens is 1. The fraction of sp³-hybridized carbons (Fsp3) is 0.556. The number of rotatable bonds is 3. The first-order chi connectivity index (χ1) is 9.34. The van der Waals surface area contributed by atoms with Crippen LogP contribution in [-0.2, 0) is 16.8 Å². The van der Waals surface area contributed by atoms with Crippen molar-refractivity contribution >= 4 is 5.97 Å². The van der Waals surface area contributed by atoms with Gasteiger partial charge in [0.2, 0.25) is 0 Å². The van der Waals surface area contributed by atoms with Crippen molar-refractivity contribution in [3.63, 3.8) is 0 Å². The summed E-state index contributed by atoms with van der Waals surface area (Å²) < 4.78 is 105. The van der Waals surface area contributed by atoms with E-state index in [9.17, 15) is 39.9 Å². The lowest BCUT2D eigenvalue weighted by molar-refractivity contribution is -0.292. The van der Waals surface area contributed by atoms with Crippen LogP contribution in [0.4, 0.5) is 35.1 Å². The monoisotopic (exact) mass is 326 g/mol. The number of hydrogen-bond donors (Lipinski definition) is 1. The second kappa shape index (κ2) is 5.15. The number of aromatic nitrogens is 2. The summed E-state index contributed by atoms with van der Waals surface area (Å²) in [5.41, 5.74) is -6.77. The van der Waals surface area contributed by atoms with Crippen molar-refractivity contribution in [2.75, 3.05) is 6.61 Å². The summed E-state index contributed by atoms with van der Waals surface area (Å²) in [6, 6.07) is 0. The molecule has 0 radical (unpaired) electrons. The van der Waals surface area contributed by atoms with Gasteiger partial charge in [-0.15, -0.1) is 0 Å². The Morgan fingerprint density at radius 3 is 2.05 bits per heavy atom. The van der Waals surface area contributed by atoms with Gasteiger partial charge >= 0.3 is 24.2 Å². The Hall–Kier alpha value is -1.88. The summed E-state index contributed by atoms with van der Waals surface area (Å²) in [5.74, 6) is -7.64. The molecule has 0 bridgehead atoms. The lowest BCUT2D eigenvalue weighted by Gasteiger charge is -2.19. The van der Waals surface area contributed by atoms with Gasteiger partial charge in [0.25, 0.3) is 0 Å². The molecule has 1 N–H and O–H groups in total. The van der Waals surface area contributed by atoms with Crippen molar-refractivity contribution < 1.29 is 44.7 Å². The number of hydrogen-bond acceptors (Lipinski definition) is 3. The lowest BCUT2D eigenvalue weighted by Crippen LogP contribution is -2.36. The fourth-order valence-electron chi connectivity index (χ4n) is 1.33. The average molecular weight is 326 g/mol. The minimum absolute atomic E-state index is 0.417. The molecule has 120 valence electrons. The van der Waals surface area contributed by atoms with Gasteiger partial charge in [0.15, 0.2) is 11.4 Å². The molecule has 0 unspecified atom stereocenters. The van der Waals surface area contributed by atoms with E-state index in [0.717, 1.165) is 0 Å². The SMILES string of the molecule is CCOC(=O)c1[nH]nc(C(F)(F)C(F)(F)F)c1C(F)(F)F. The summed E-state index contributed by atoms with van der Waals surface area (Å²) >= 11 is 0. The van der Waals surface area contributed by atoms with Gasteiger partial charge < -0.3 is 4.74 Å². The van der Waals surface area contributed by atoms with E-state index in [0.29, 0.717) is 0 Å². The molecule has 21 heavy (non-hydrogen) atoms. The number of ether oxygens (including phenoxy) is 1. The molecule has 0 aromatic carbocycles. The first-order valence-corrected chi connectivity index (χ1v) is 5.11. The number of esters is 1. The molecule has 4 nitrogen and oxygen atoms in total. The van der Waals surface area contributed by atoms with E-state index in [4.69, 9.17) is 0 Å². The molecule has 1 rings (SSSR count). The van der Waals surface area contributed by atoms with Gasteiger partial charge in [-0.3, -0.25) is 5.10 Å². The topological polar surface area (TPSA) is 55.0 Å². The van der Waals surface area contributed by atoms with Crippen LogP contribution in [0.1, 0.15) is 28.7 Å². The van der Waals surface area contributed by atoms with E-state index in [1.54, 1.807) is 0 Å². The van der Waals surface area contributed by atoms with Gasteiger partial charge in [-0.1, -0.05) is 0 Å². The van der Waals surface area contributed by atoms with Gasteiger partial charge in [0.05, 0.1) is 6.61 Å². The zero-order valence-electron chi connectivity index (χ0n) is 9.99. The lowest BCUT2D eigenvalue weighted by atomic mass is 10.1. The highest BCUT2D eigenvalue weighted by Crippen LogP contribution is 2.48. The molecule has 0 aliphatic carbocycles. The molecule has 1 aromatic heterocycles. The van der Waals surface area contributed by atoms with Crippen molar-refractivity contribution in [1.82, 2.24) is 10.2 Å². The van der Waals surface area contributed by atoms with Crippen LogP contribution >= 0.6 is 0 Å². The van der Waals surface area contributed by atoms with Gasteiger partial charge in [-0.2, -0.15) is 40.2 Å². The summed E-state index contributed by atoms with van der Waals surface area (Å²) in [6.07, 6.45) is -12.0. The molecule has 0 spiro atoms. The van der Waals surface area contributed by atoms with Gasteiger partial charge in [0, 0.05) is 0 Å². The van der Waals surface area contributed by atoms with Crippen LogP contribution in [0, 0.1) is 0 Å². The van der Waals surface area contributed by atoms with Crippen LogP contribution < -0.4 is 0 Å². The second-order valence-corrected chi connectivity index (χ2v) is 3.61. The summed E-state index contributed by atoms with van der Waals surface area (Å²) in [6.45, 7) is 0.785. The van der Waals surface area contributed by atoms with Gasteiger partial charge in [-0.05, 0) is 6.92 Å². The summed E-state index contributed by atoms with van der Waals surface area (Å²) in [5, 5.41) is 3.53. The normalized spacial score (nSPS) is 13.4. The summed E-state index contributed by atoms with van der Waals surface area (Å²) in [7, 11) is 0. The van der Waals surface area contributed by atoms with Gasteiger partial charge in [-0.25, -0.2) is 4.79 Å². The van der Waals surface area contributed by atoms with E-state index in [1.807, 2.05) is 0 Å². The zero-order chi connectivity index (χ0) is 16.6. The fourth-order valence-corrected chi connectivity index (χ4v) is 1.33. The molecule has 0 atom stereocenters. The number of nitrogens with one attached hydrogen (secondary N) is 1. The smallest absolute Gasteiger partial charge is 0.459 e. The highest BCUT2D eigenvalue weighted by atomic mass is 19.4. The largest absolute Gasteiger partial charge is 0.461 e. The minimum atomic E-state index is -6.31. The second-order valence-electron chi connectivity index (χ2n) is 3.61. The Bertz CT molecular complexity index is 531. The van der Waals surface area contributed by atoms with Crippen molar-refractivity contribution in [1.29, 1.82) is 0 Å². The van der Waals surface area contributed by atoms with Crippen LogP contribution in [0.5, 0.6) is 0 Å². The van der Waals surface area contributed by atoms with Crippen LogP contribution in [0.3, 0.4) is 0 Å². The number of halogens is 8. The van der Waals surface area contributed by atoms with Crippen LogP contribution in [0.15, 0.2) is 0 Å². The molecule has 0 aliphatic heterocycles. The van der Waals surface area contributed by atoms with Crippen LogP contribution in [0.2, 0.25) is 0 Å². The molecule has 1 heterocycles. The predicted octanol–water partition coefficient (Wildman–Crippen LogP) is 3.26. The number of carbonyl (C=O) groups is 1. The molecule has 0 amide bonds. The van der Waals surface area contributed by atoms with E-state index in [1.165, 1.54) is 12.0 Å². The third-order valence-electron chi connectivity index (χ3n) is 2.18. The first kappa shape index (κ1) is 17.2. The van der Waals surface area contributed by atoms with Crippen molar-refractivity contribution in [2.24, 2.45) is 0 Å². The molecular formula is C9H6F8N2O2. The molecular weight excluding hydrogens is 320 g/mol. The van der Waals surface area contributed by atoms with Crippen molar-refractivity contribution in [3.8, 4) is 0 Å². The Kier molecular flexibility index (Phi) is 4.21. The standard InChI is InChI=1S/C9H6F8N2O2/c1-2-21-6(20)4-3(8(12,13)14)5(19-18-4)7(10,11)9(15,16)17/h2H2,1H3,(H,18,19). The van der Waals surface area contributed by atoms with Crippen LogP contribution in [-0.4, -0.2) is 28.9 Å². The van der Waals surface area contributed by atoms with E-state index in [2.05, 4.69) is 9.84 Å². The maximum Gasteiger partial charge on any atom is 0.459 e. The maximum absolute atomic E-state index is 13.1. The number of alkyl halides is 8.